The number of alkyl halides is 3. The summed E-state index contributed by atoms with van der Waals surface area (Å²) in [5.74, 6) is 0.284. The smallest absolute Gasteiger partial charge is 0.416 e. The lowest BCUT2D eigenvalue weighted by Crippen LogP contribution is -2.13. The van der Waals surface area contributed by atoms with Crippen molar-refractivity contribution in [3.05, 3.63) is 83.0 Å². The van der Waals surface area contributed by atoms with Gasteiger partial charge in [0, 0.05) is 23.6 Å². The maximum Gasteiger partial charge on any atom is 0.416 e. The average molecular weight is 412 g/mol. The molecule has 152 valence electrons. The SMILES string of the molecule is O=C(Nc1ccc(Oc2ccc3c(c2)C(=O)CC3)nc1)c1ccc(C(F)(F)F)cc1. The number of halogens is 3. The molecule has 8 heteroatoms. The number of ketones is 1. The number of anilines is 1. The van der Waals surface area contributed by atoms with Crippen LogP contribution in [0.4, 0.5) is 18.9 Å². The molecule has 2 aromatic carbocycles. The summed E-state index contributed by atoms with van der Waals surface area (Å²) in [6.07, 6.45) is -1.85. The summed E-state index contributed by atoms with van der Waals surface area (Å²) < 4.78 is 43.5. The Morgan fingerprint density at radius 3 is 2.43 bits per heavy atom. The zero-order valence-corrected chi connectivity index (χ0v) is 15.5. The second kappa shape index (κ2) is 7.62. The molecule has 0 spiro atoms. The maximum absolute atomic E-state index is 12.6. The molecule has 0 saturated heterocycles. The Hall–Kier alpha value is -3.68. The lowest BCUT2D eigenvalue weighted by molar-refractivity contribution is -0.137. The van der Waals surface area contributed by atoms with E-state index in [9.17, 15) is 22.8 Å². The average Bonchev–Trinajstić information content (AvgIpc) is 3.09. The molecule has 4 rings (SSSR count). The van der Waals surface area contributed by atoms with Crippen LogP contribution in [0.25, 0.3) is 0 Å². The molecular formula is C22H15F3N2O3. The van der Waals surface area contributed by atoms with Gasteiger partial charge in [0.05, 0.1) is 17.4 Å². The summed E-state index contributed by atoms with van der Waals surface area (Å²) in [6.45, 7) is 0. The Bertz CT molecular complexity index is 1110. The number of hydrogen-bond acceptors (Lipinski definition) is 4. The van der Waals surface area contributed by atoms with Crippen LogP contribution < -0.4 is 10.1 Å². The molecule has 0 bridgehead atoms. The molecule has 1 N–H and O–H groups in total. The number of rotatable bonds is 4. The van der Waals surface area contributed by atoms with Gasteiger partial charge in [-0.25, -0.2) is 4.98 Å². The highest BCUT2D eigenvalue weighted by atomic mass is 19.4. The van der Waals surface area contributed by atoms with Gasteiger partial charge in [0.2, 0.25) is 5.88 Å². The van der Waals surface area contributed by atoms with Crippen molar-refractivity contribution >= 4 is 17.4 Å². The summed E-state index contributed by atoms with van der Waals surface area (Å²) in [6, 6.07) is 12.3. The lowest BCUT2D eigenvalue weighted by Gasteiger charge is -2.09. The van der Waals surface area contributed by atoms with E-state index in [1.807, 2.05) is 6.07 Å². The predicted octanol–water partition coefficient (Wildman–Crippen LogP) is 5.27. The minimum atomic E-state index is -4.46. The van der Waals surface area contributed by atoms with Gasteiger partial charge < -0.3 is 10.1 Å². The van der Waals surface area contributed by atoms with Crippen molar-refractivity contribution in [1.82, 2.24) is 4.98 Å². The first-order chi connectivity index (χ1) is 14.3. The zero-order valence-electron chi connectivity index (χ0n) is 15.5. The van der Waals surface area contributed by atoms with Crippen LogP contribution in [0.1, 0.15) is 38.3 Å². The van der Waals surface area contributed by atoms with Crippen molar-refractivity contribution in [2.75, 3.05) is 5.32 Å². The normalized spacial score (nSPS) is 13.1. The number of nitrogens with one attached hydrogen (secondary N) is 1. The van der Waals surface area contributed by atoms with Gasteiger partial charge in [0.15, 0.2) is 5.78 Å². The molecule has 0 saturated carbocycles. The van der Waals surface area contributed by atoms with Gasteiger partial charge in [-0.15, -0.1) is 0 Å². The molecular weight excluding hydrogens is 397 g/mol. The van der Waals surface area contributed by atoms with Crippen molar-refractivity contribution in [1.29, 1.82) is 0 Å². The molecule has 5 nitrogen and oxygen atoms in total. The van der Waals surface area contributed by atoms with Gasteiger partial charge in [-0.1, -0.05) is 6.07 Å². The monoisotopic (exact) mass is 412 g/mol. The van der Waals surface area contributed by atoms with Crippen LogP contribution in [-0.4, -0.2) is 16.7 Å². The maximum atomic E-state index is 12.6. The van der Waals surface area contributed by atoms with Crippen LogP contribution in [0.5, 0.6) is 11.6 Å². The van der Waals surface area contributed by atoms with Crippen LogP contribution in [0.15, 0.2) is 60.8 Å². The van der Waals surface area contributed by atoms with Crippen molar-refractivity contribution in [2.45, 2.75) is 19.0 Å². The molecule has 0 radical (unpaired) electrons. The number of pyridine rings is 1. The van der Waals surface area contributed by atoms with Crippen LogP contribution in [0.3, 0.4) is 0 Å². The van der Waals surface area contributed by atoms with Gasteiger partial charge in [0.1, 0.15) is 5.75 Å². The van der Waals surface area contributed by atoms with Crippen molar-refractivity contribution in [3.63, 3.8) is 0 Å². The zero-order chi connectivity index (χ0) is 21.3. The quantitative estimate of drug-likeness (QED) is 0.634. The molecule has 30 heavy (non-hydrogen) atoms. The van der Waals surface area contributed by atoms with Gasteiger partial charge in [-0.2, -0.15) is 13.2 Å². The summed E-state index contributed by atoms with van der Waals surface area (Å²) in [7, 11) is 0. The highest BCUT2D eigenvalue weighted by molar-refractivity contribution is 6.04. The number of Topliss-reactive ketones (excluding diaryl/α,β-unsaturated/α-hetero) is 1. The fraction of sp³-hybridized carbons (Fsp3) is 0.136. The Morgan fingerprint density at radius 2 is 1.77 bits per heavy atom. The first-order valence-corrected chi connectivity index (χ1v) is 9.08. The van der Waals surface area contributed by atoms with E-state index in [1.165, 1.54) is 12.3 Å². The van der Waals surface area contributed by atoms with Crippen LogP contribution in [0, 0.1) is 0 Å². The van der Waals surface area contributed by atoms with Gasteiger partial charge in [0.25, 0.3) is 5.91 Å². The molecule has 0 unspecified atom stereocenters. The largest absolute Gasteiger partial charge is 0.439 e. The molecule has 0 atom stereocenters. The first kappa shape index (κ1) is 19.6. The highest BCUT2D eigenvalue weighted by Crippen LogP contribution is 2.30. The summed E-state index contributed by atoms with van der Waals surface area (Å²) in [4.78, 5) is 28.2. The number of amides is 1. The fourth-order valence-corrected chi connectivity index (χ4v) is 3.13. The van der Waals surface area contributed by atoms with Gasteiger partial charge in [-0.05, 0) is 54.4 Å². The third kappa shape index (κ3) is 4.17. The van der Waals surface area contributed by atoms with E-state index in [1.54, 1.807) is 18.2 Å². The number of nitrogens with zero attached hydrogens (tertiary/aromatic N) is 1. The highest BCUT2D eigenvalue weighted by Gasteiger charge is 2.30. The Kier molecular flexibility index (Phi) is 4.99. The third-order valence-corrected chi connectivity index (χ3v) is 4.69. The van der Waals surface area contributed by atoms with Crippen molar-refractivity contribution < 1.29 is 27.5 Å². The number of hydrogen-bond donors (Lipinski definition) is 1. The molecule has 1 aliphatic carbocycles. The van der Waals surface area contributed by atoms with E-state index in [0.717, 1.165) is 36.2 Å². The number of ether oxygens (including phenoxy) is 1. The molecule has 1 aliphatic rings. The molecule has 1 aromatic heterocycles. The van der Waals surface area contributed by atoms with E-state index in [-0.39, 0.29) is 17.2 Å². The van der Waals surface area contributed by atoms with E-state index in [2.05, 4.69) is 10.3 Å². The Labute approximate surface area is 169 Å². The fourth-order valence-electron chi connectivity index (χ4n) is 3.13. The topological polar surface area (TPSA) is 68.3 Å². The molecule has 0 aliphatic heterocycles. The Morgan fingerprint density at radius 1 is 1.00 bits per heavy atom. The number of carbonyl (C=O) groups is 2. The van der Waals surface area contributed by atoms with Gasteiger partial charge >= 0.3 is 6.18 Å². The third-order valence-electron chi connectivity index (χ3n) is 4.69. The van der Waals surface area contributed by atoms with E-state index in [4.69, 9.17) is 4.74 Å². The van der Waals surface area contributed by atoms with Crippen LogP contribution in [-0.2, 0) is 12.6 Å². The minimum absolute atomic E-state index is 0.0877. The number of aryl methyl sites for hydroxylation is 1. The van der Waals surface area contributed by atoms with E-state index >= 15 is 0 Å². The second-order valence-corrected chi connectivity index (χ2v) is 6.76. The van der Waals surface area contributed by atoms with E-state index in [0.29, 0.717) is 23.4 Å². The molecule has 3 aromatic rings. The molecule has 1 amide bonds. The molecule has 1 heterocycles. The predicted molar refractivity (Wildman–Crippen MR) is 103 cm³/mol. The van der Waals surface area contributed by atoms with Gasteiger partial charge in [-0.3, -0.25) is 9.59 Å². The summed E-state index contributed by atoms with van der Waals surface area (Å²) in [5, 5.41) is 2.56. The van der Waals surface area contributed by atoms with Crippen LogP contribution >= 0.6 is 0 Å². The number of fused-ring (bicyclic) bond motifs is 1. The summed E-state index contributed by atoms with van der Waals surface area (Å²) in [5.41, 5.74) is 1.28. The number of carbonyl (C=O) groups excluding carboxylic acids is 2. The lowest BCUT2D eigenvalue weighted by atomic mass is 10.1. The molecule has 0 fully saturated rings. The van der Waals surface area contributed by atoms with Crippen LogP contribution in [0.2, 0.25) is 0 Å². The van der Waals surface area contributed by atoms with Crippen molar-refractivity contribution in [2.24, 2.45) is 0 Å². The Balaban J connectivity index is 1.41. The standard InChI is InChI=1S/C22H15F3N2O3/c23-22(24,25)15-5-1-14(2-6-15)21(29)27-16-7-10-20(26-12-16)30-17-8-3-13-4-9-19(28)18(13)11-17/h1-3,5-8,10-12H,4,9H2,(H,27,29). The minimum Gasteiger partial charge on any atom is -0.439 e. The number of benzene rings is 2. The van der Waals surface area contributed by atoms with Crippen molar-refractivity contribution in [3.8, 4) is 11.6 Å². The van der Waals surface area contributed by atoms with E-state index < -0.39 is 17.6 Å². The number of aromatic nitrogens is 1. The second-order valence-electron chi connectivity index (χ2n) is 6.76. The first-order valence-electron chi connectivity index (χ1n) is 9.08. The summed E-state index contributed by atoms with van der Waals surface area (Å²) >= 11 is 0.